The average Bonchev–Trinajstić information content (AvgIpc) is 2.82. The van der Waals surface area contributed by atoms with Crippen LogP contribution >= 0.6 is 0 Å². The number of ether oxygens (including phenoxy) is 2. The van der Waals surface area contributed by atoms with Crippen molar-refractivity contribution in [3.63, 3.8) is 0 Å². The van der Waals surface area contributed by atoms with Gasteiger partial charge in [-0.15, -0.1) is 0 Å². The molecule has 3 aromatic carbocycles. The number of hydrazone groups is 1. The van der Waals surface area contributed by atoms with Crippen LogP contribution in [0.1, 0.15) is 16.7 Å². The second-order valence-electron chi connectivity index (χ2n) is 7.57. The van der Waals surface area contributed by atoms with Gasteiger partial charge in [-0.3, -0.25) is 9.10 Å². The van der Waals surface area contributed by atoms with Gasteiger partial charge in [0.2, 0.25) is 0 Å². The fourth-order valence-electron chi connectivity index (χ4n) is 3.21. The van der Waals surface area contributed by atoms with Gasteiger partial charge in [0.05, 0.1) is 31.0 Å². The van der Waals surface area contributed by atoms with Crippen molar-refractivity contribution in [1.29, 1.82) is 0 Å². The Kier molecular flexibility index (Phi) is 7.91. The third-order valence-electron chi connectivity index (χ3n) is 5.00. The number of sulfonamides is 1. The van der Waals surface area contributed by atoms with Crippen LogP contribution in [0.5, 0.6) is 11.5 Å². The van der Waals surface area contributed by atoms with Crippen molar-refractivity contribution in [2.75, 3.05) is 25.1 Å². The van der Waals surface area contributed by atoms with Crippen LogP contribution in [0, 0.1) is 13.8 Å². The number of nitrogens with zero attached hydrogens (tertiary/aromatic N) is 2. The van der Waals surface area contributed by atoms with Crippen molar-refractivity contribution >= 4 is 27.8 Å². The van der Waals surface area contributed by atoms with Gasteiger partial charge >= 0.3 is 0 Å². The molecule has 3 rings (SSSR count). The van der Waals surface area contributed by atoms with E-state index < -0.39 is 22.5 Å². The first kappa shape index (κ1) is 24.8. The van der Waals surface area contributed by atoms with Gasteiger partial charge in [-0.25, -0.2) is 13.8 Å². The van der Waals surface area contributed by atoms with Crippen molar-refractivity contribution in [3.05, 3.63) is 83.4 Å². The summed E-state index contributed by atoms with van der Waals surface area (Å²) < 4.78 is 38.3. The summed E-state index contributed by atoms with van der Waals surface area (Å²) in [5.74, 6) is 0.500. The lowest BCUT2D eigenvalue weighted by Gasteiger charge is -2.24. The summed E-state index contributed by atoms with van der Waals surface area (Å²) in [6, 6.07) is 18.6. The Labute approximate surface area is 199 Å². The van der Waals surface area contributed by atoms with E-state index in [0.717, 1.165) is 15.4 Å². The Balaban J connectivity index is 1.82. The molecule has 0 radical (unpaired) electrons. The monoisotopic (exact) mass is 481 g/mol. The minimum absolute atomic E-state index is 0.0984. The lowest BCUT2D eigenvalue weighted by molar-refractivity contribution is -0.119. The lowest BCUT2D eigenvalue weighted by atomic mass is 10.2. The molecule has 0 heterocycles. The smallest absolute Gasteiger partial charge is 0.264 e. The highest BCUT2D eigenvalue weighted by Gasteiger charge is 2.27. The number of methoxy groups -OCH3 is 2. The van der Waals surface area contributed by atoms with Gasteiger partial charge in [0.25, 0.3) is 15.9 Å². The largest absolute Gasteiger partial charge is 0.493 e. The summed E-state index contributed by atoms with van der Waals surface area (Å²) in [7, 11) is -0.925. The molecule has 0 aliphatic carbocycles. The molecule has 0 aliphatic rings. The summed E-state index contributed by atoms with van der Waals surface area (Å²) in [5.41, 5.74) is 5.26. The topological polar surface area (TPSA) is 97.3 Å². The van der Waals surface area contributed by atoms with E-state index >= 15 is 0 Å². The summed E-state index contributed by atoms with van der Waals surface area (Å²) in [6.07, 6.45) is 1.44. The SMILES string of the molecule is COc1ccc(/C=N\NC(=O)CN(c2cccc(C)c2)S(=O)(=O)c2ccc(C)cc2)cc1OC. The molecule has 0 spiro atoms. The van der Waals surface area contributed by atoms with Crippen molar-refractivity contribution < 1.29 is 22.7 Å². The van der Waals surface area contributed by atoms with Crippen molar-refractivity contribution in [2.45, 2.75) is 18.7 Å². The fraction of sp³-hybridized carbons (Fsp3) is 0.200. The number of nitrogens with one attached hydrogen (secondary N) is 1. The number of amides is 1. The van der Waals surface area contributed by atoms with Crippen LogP contribution < -0.4 is 19.2 Å². The highest BCUT2D eigenvalue weighted by molar-refractivity contribution is 7.92. The van der Waals surface area contributed by atoms with Crippen LogP contribution in [-0.2, 0) is 14.8 Å². The molecule has 1 N–H and O–H groups in total. The maximum absolute atomic E-state index is 13.4. The maximum Gasteiger partial charge on any atom is 0.264 e. The summed E-state index contributed by atoms with van der Waals surface area (Å²) in [4.78, 5) is 12.8. The lowest BCUT2D eigenvalue weighted by Crippen LogP contribution is -2.39. The van der Waals surface area contributed by atoms with E-state index in [1.807, 2.05) is 19.9 Å². The molecule has 0 aliphatic heterocycles. The summed E-state index contributed by atoms with van der Waals surface area (Å²) >= 11 is 0. The second-order valence-corrected chi connectivity index (χ2v) is 9.43. The Morgan fingerprint density at radius 3 is 2.29 bits per heavy atom. The van der Waals surface area contributed by atoms with Gasteiger partial charge in [0.15, 0.2) is 11.5 Å². The number of carbonyl (C=O) groups is 1. The van der Waals surface area contributed by atoms with Crippen molar-refractivity contribution in [3.8, 4) is 11.5 Å². The van der Waals surface area contributed by atoms with Crippen LogP contribution in [0.15, 0.2) is 76.7 Å². The molecule has 0 saturated heterocycles. The van der Waals surface area contributed by atoms with E-state index in [2.05, 4.69) is 10.5 Å². The van der Waals surface area contributed by atoms with E-state index in [9.17, 15) is 13.2 Å². The Morgan fingerprint density at radius 1 is 0.941 bits per heavy atom. The number of anilines is 1. The van der Waals surface area contributed by atoms with Gasteiger partial charge in [-0.2, -0.15) is 5.10 Å². The summed E-state index contributed by atoms with van der Waals surface area (Å²) in [5, 5.41) is 3.96. The van der Waals surface area contributed by atoms with Crippen LogP contribution in [0.25, 0.3) is 0 Å². The molecule has 0 atom stereocenters. The van der Waals surface area contributed by atoms with Gasteiger partial charge in [-0.05, 0) is 67.4 Å². The van der Waals surface area contributed by atoms with Crippen LogP contribution in [-0.4, -0.2) is 41.3 Å². The molecule has 34 heavy (non-hydrogen) atoms. The van der Waals surface area contributed by atoms with Gasteiger partial charge in [0, 0.05) is 0 Å². The standard InChI is InChI=1S/C25H27N3O5S/c1-18-8-11-22(12-9-18)34(30,31)28(21-7-5-6-19(2)14-21)17-25(29)27-26-16-20-10-13-23(32-3)24(15-20)33-4/h5-16H,17H2,1-4H3,(H,27,29)/b26-16-. The van der Waals surface area contributed by atoms with Gasteiger partial charge < -0.3 is 9.47 Å². The zero-order chi connectivity index (χ0) is 24.7. The Bertz CT molecular complexity index is 1290. The highest BCUT2D eigenvalue weighted by atomic mass is 32.2. The highest BCUT2D eigenvalue weighted by Crippen LogP contribution is 2.27. The molecule has 3 aromatic rings. The first-order valence-electron chi connectivity index (χ1n) is 10.4. The predicted molar refractivity (Wildman–Crippen MR) is 132 cm³/mol. The molecule has 8 nitrogen and oxygen atoms in total. The first-order chi connectivity index (χ1) is 16.2. The minimum Gasteiger partial charge on any atom is -0.493 e. The van der Waals surface area contributed by atoms with Gasteiger partial charge in [-0.1, -0.05) is 29.8 Å². The zero-order valence-corrected chi connectivity index (χ0v) is 20.3. The predicted octanol–water partition coefficient (Wildman–Crippen LogP) is 3.67. The maximum atomic E-state index is 13.4. The molecule has 0 saturated carbocycles. The third-order valence-corrected chi connectivity index (χ3v) is 6.78. The number of hydrogen-bond acceptors (Lipinski definition) is 6. The van der Waals surface area contributed by atoms with E-state index in [0.29, 0.717) is 22.7 Å². The van der Waals surface area contributed by atoms with Crippen LogP contribution in [0.2, 0.25) is 0 Å². The number of benzene rings is 3. The Hall–Kier alpha value is -3.85. The first-order valence-corrected chi connectivity index (χ1v) is 11.9. The number of rotatable bonds is 9. The molecule has 0 fully saturated rings. The Morgan fingerprint density at radius 2 is 1.65 bits per heavy atom. The van der Waals surface area contributed by atoms with Crippen LogP contribution in [0.3, 0.4) is 0 Å². The number of hydrogen-bond donors (Lipinski definition) is 1. The molecule has 0 unspecified atom stereocenters. The normalized spacial score (nSPS) is 11.3. The average molecular weight is 482 g/mol. The van der Waals surface area contributed by atoms with E-state index in [-0.39, 0.29) is 4.90 Å². The quantitative estimate of drug-likeness (QED) is 0.372. The van der Waals surface area contributed by atoms with E-state index in [1.54, 1.807) is 48.5 Å². The number of carbonyl (C=O) groups excluding carboxylic acids is 1. The van der Waals surface area contributed by atoms with Gasteiger partial charge in [0.1, 0.15) is 6.54 Å². The number of aryl methyl sites for hydroxylation is 2. The minimum atomic E-state index is -3.99. The van der Waals surface area contributed by atoms with Crippen LogP contribution in [0.4, 0.5) is 5.69 Å². The fourth-order valence-corrected chi connectivity index (χ4v) is 4.63. The molecule has 0 aromatic heterocycles. The van der Waals surface area contributed by atoms with Crippen molar-refractivity contribution in [1.82, 2.24) is 5.43 Å². The molecule has 1 amide bonds. The summed E-state index contributed by atoms with van der Waals surface area (Å²) in [6.45, 7) is 3.29. The third kappa shape index (κ3) is 5.93. The molecule has 178 valence electrons. The molecule has 0 bridgehead atoms. The molecular formula is C25H27N3O5S. The zero-order valence-electron chi connectivity index (χ0n) is 19.5. The van der Waals surface area contributed by atoms with Crippen molar-refractivity contribution in [2.24, 2.45) is 5.10 Å². The van der Waals surface area contributed by atoms with E-state index in [1.165, 1.54) is 32.6 Å². The van der Waals surface area contributed by atoms with E-state index in [4.69, 9.17) is 9.47 Å². The molecule has 9 heteroatoms. The second kappa shape index (κ2) is 10.8. The molecular weight excluding hydrogens is 454 g/mol.